The molecule has 4 rings (SSSR count). The molecule has 2 aliphatic heterocycles. The van der Waals surface area contributed by atoms with Crippen molar-refractivity contribution in [3.8, 4) is 17.0 Å². The van der Waals surface area contributed by atoms with Crippen molar-refractivity contribution in [2.24, 2.45) is 5.92 Å². The lowest BCUT2D eigenvalue weighted by Crippen LogP contribution is -2.49. The van der Waals surface area contributed by atoms with Gasteiger partial charge in [0, 0.05) is 24.2 Å². The van der Waals surface area contributed by atoms with Gasteiger partial charge in [0.25, 0.3) is 5.91 Å². The number of aromatic nitrogens is 1. The lowest BCUT2D eigenvalue weighted by Gasteiger charge is -2.34. The summed E-state index contributed by atoms with van der Waals surface area (Å²) < 4.78 is 84.1. The molecule has 0 aliphatic carbocycles. The number of benzene rings is 1. The predicted molar refractivity (Wildman–Crippen MR) is 120 cm³/mol. The van der Waals surface area contributed by atoms with Crippen molar-refractivity contribution in [2.45, 2.75) is 37.8 Å². The smallest absolute Gasteiger partial charge is 0.454 e. The second kappa shape index (κ2) is 10.7. The van der Waals surface area contributed by atoms with Crippen molar-refractivity contribution in [2.75, 3.05) is 39.3 Å². The van der Waals surface area contributed by atoms with Gasteiger partial charge in [-0.1, -0.05) is 0 Å². The fraction of sp³-hybridized carbons (Fsp3) is 0.520. The number of carbonyl (C=O) groups is 1. The van der Waals surface area contributed by atoms with Crippen LogP contribution in [-0.4, -0.2) is 72.1 Å². The standard InChI is InChI=1S/C25H27F6N3O2/c26-21-13-18(23(35)34-9-1-2-10-34)3-5-20(21)22-6-4-19(14-32-22)36-15-17-7-11-33(12-8-17)16-24(27,28)25(29,30)31/h3-6,13-14,17H,1-2,7-12,15-16H2. The Bertz CT molecular complexity index is 1050. The Morgan fingerprint density at radius 3 is 2.28 bits per heavy atom. The normalized spacial score (nSPS) is 18.0. The third-order valence-corrected chi connectivity index (χ3v) is 6.65. The van der Waals surface area contributed by atoms with E-state index < -0.39 is 24.5 Å². The van der Waals surface area contributed by atoms with Crippen molar-refractivity contribution in [1.82, 2.24) is 14.8 Å². The van der Waals surface area contributed by atoms with Gasteiger partial charge < -0.3 is 9.64 Å². The zero-order valence-electron chi connectivity index (χ0n) is 19.5. The fourth-order valence-corrected chi connectivity index (χ4v) is 4.48. The topological polar surface area (TPSA) is 45.7 Å². The minimum atomic E-state index is -5.55. The first-order chi connectivity index (χ1) is 17.0. The Morgan fingerprint density at radius 2 is 1.69 bits per heavy atom. The number of ether oxygens (including phenoxy) is 1. The Kier molecular flexibility index (Phi) is 7.77. The van der Waals surface area contributed by atoms with Crippen molar-refractivity contribution in [1.29, 1.82) is 0 Å². The van der Waals surface area contributed by atoms with Gasteiger partial charge in [-0.15, -0.1) is 0 Å². The number of piperidine rings is 1. The molecular weight excluding hydrogens is 488 g/mol. The van der Waals surface area contributed by atoms with Crippen LogP contribution in [0.15, 0.2) is 36.5 Å². The number of hydrogen-bond acceptors (Lipinski definition) is 4. The molecule has 1 aromatic heterocycles. The Labute approximate surface area is 205 Å². The van der Waals surface area contributed by atoms with Gasteiger partial charge in [-0.3, -0.25) is 14.7 Å². The molecule has 2 aliphatic rings. The second-order valence-electron chi connectivity index (χ2n) is 9.31. The van der Waals surface area contributed by atoms with E-state index in [2.05, 4.69) is 4.98 Å². The highest BCUT2D eigenvalue weighted by atomic mass is 19.4. The van der Waals surface area contributed by atoms with Crippen molar-refractivity contribution in [3.63, 3.8) is 0 Å². The molecule has 0 atom stereocenters. The van der Waals surface area contributed by atoms with Gasteiger partial charge >= 0.3 is 12.1 Å². The SMILES string of the molecule is O=C(c1ccc(-c2ccc(OCC3CCN(CC(F)(F)C(F)(F)F)CC3)cn2)c(F)c1)N1CCCC1. The van der Waals surface area contributed by atoms with Gasteiger partial charge in [0.15, 0.2) is 0 Å². The minimum Gasteiger partial charge on any atom is -0.492 e. The second-order valence-corrected chi connectivity index (χ2v) is 9.31. The van der Waals surface area contributed by atoms with Gasteiger partial charge in [0.2, 0.25) is 0 Å². The maximum absolute atomic E-state index is 14.7. The maximum atomic E-state index is 14.7. The Balaban J connectivity index is 1.27. The highest BCUT2D eigenvalue weighted by molar-refractivity contribution is 5.94. The zero-order chi connectivity index (χ0) is 25.9. The number of likely N-dealkylation sites (tertiary alicyclic amines) is 2. The van der Waals surface area contributed by atoms with Crippen molar-refractivity contribution in [3.05, 3.63) is 47.9 Å². The van der Waals surface area contributed by atoms with Crippen LogP contribution in [0.3, 0.4) is 0 Å². The molecule has 3 heterocycles. The fourth-order valence-electron chi connectivity index (χ4n) is 4.48. The van der Waals surface area contributed by atoms with E-state index in [0.717, 1.165) is 17.7 Å². The summed E-state index contributed by atoms with van der Waals surface area (Å²) in [6, 6.07) is 7.56. The lowest BCUT2D eigenvalue weighted by molar-refractivity contribution is -0.287. The molecule has 0 N–H and O–H groups in total. The molecule has 2 fully saturated rings. The summed E-state index contributed by atoms with van der Waals surface area (Å²) in [6.45, 7) is 0.557. The molecule has 36 heavy (non-hydrogen) atoms. The monoisotopic (exact) mass is 515 g/mol. The van der Waals surface area contributed by atoms with Crippen LogP contribution in [0, 0.1) is 11.7 Å². The van der Waals surface area contributed by atoms with E-state index in [1.54, 1.807) is 23.1 Å². The quantitative estimate of drug-likeness (QED) is 0.463. The molecule has 0 unspecified atom stereocenters. The summed E-state index contributed by atoms with van der Waals surface area (Å²) in [4.78, 5) is 19.5. The van der Waals surface area contributed by atoms with E-state index in [-0.39, 0.29) is 37.1 Å². The van der Waals surface area contributed by atoms with Crippen molar-refractivity contribution >= 4 is 5.91 Å². The first kappa shape index (κ1) is 26.2. The number of halogens is 6. The third kappa shape index (κ3) is 6.11. The van der Waals surface area contributed by atoms with Crippen LogP contribution in [-0.2, 0) is 0 Å². The molecule has 0 radical (unpaired) electrons. The zero-order valence-corrected chi connectivity index (χ0v) is 19.5. The summed E-state index contributed by atoms with van der Waals surface area (Å²) in [5, 5.41) is 0. The van der Waals surface area contributed by atoms with Gasteiger partial charge in [0.05, 0.1) is 25.0 Å². The Hall–Kier alpha value is -2.82. The lowest BCUT2D eigenvalue weighted by atomic mass is 9.97. The van der Waals surface area contributed by atoms with Gasteiger partial charge in [-0.05, 0) is 75.0 Å². The van der Waals surface area contributed by atoms with Crippen LogP contribution in [0.5, 0.6) is 5.75 Å². The van der Waals surface area contributed by atoms with Crippen LogP contribution < -0.4 is 4.74 Å². The highest BCUT2D eigenvalue weighted by Gasteiger charge is 2.58. The number of alkyl halides is 5. The van der Waals surface area contributed by atoms with Gasteiger partial charge in [-0.2, -0.15) is 22.0 Å². The van der Waals surface area contributed by atoms with Gasteiger partial charge in [0.1, 0.15) is 11.6 Å². The number of nitrogens with zero attached hydrogens (tertiary/aromatic N) is 3. The van der Waals surface area contributed by atoms with Gasteiger partial charge in [-0.25, -0.2) is 4.39 Å². The van der Waals surface area contributed by atoms with Crippen LogP contribution in [0.25, 0.3) is 11.3 Å². The van der Waals surface area contributed by atoms with Crippen LogP contribution in [0.2, 0.25) is 0 Å². The molecule has 11 heteroatoms. The molecule has 0 bridgehead atoms. The average Bonchev–Trinajstić information content (AvgIpc) is 3.38. The predicted octanol–water partition coefficient (Wildman–Crippen LogP) is 5.41. The van der Waals surface area contributed by atoms with E-state index in [1.165, 1.54) is 18.3 Å². The van der Waals surface area contributed by atoms with E-state index >= 15 is 0 Å². The number of hydrogen-bond donors (Lipinski definition) is 0. The number of pyridine rings is 1. The third-order valence-electron chi connectivity index (χ3n) is 6.65. The molecular formula is C25H27F6N3O2. The highest BCUT2D eigenvalue weighted by Crippen LogP contribution is 2.36. The summed E-state index contributed by atoms with van der Waals surface area (Å²) >= 11 is 0. The largest absolute Gasteiger partial charge is 0.492 e. The minimum absolute atomic E-state index is 0.0126. The van der Waals surface area contributed by atoms with Crippen LogP contribution >= 0.6 is 0 Å². The molecule has 0 spiro atoms. The molecule has 196 valence electrons. The number of amides is 1. The number of carbonyl (C=O) groups excluding carboxylic acids is 1. The van der Waals surface area contributed by atoms with E-state index in [1.807, 2.05) is 0 Å². The summed E-state index contributed by atoms with van der Waals surface area (Å²) in [5.41, 5.74) is 0.924. The summed E-state index contributed by atoms with van der Waals surface area (Å²) in [6.07, 6.45) is -1.34. The first-order valence-electron chi connectivity index (χ1n) is 11.9. The number of rotatable bonds is 7. The van der Waals surface area contributed by atoms with Crippen LogP contribution in [0.1, 0.15) is 36.0 Å². The van der Waals surface area contributed by atoms with E-state index in [9.17, 15) is 31.1 Å². The first-order valence-corrected chi connectivity index (χ1v) is 11.9. The Morgan fingerprint density at radius 1 is 1.00 bits per heavy atom. The van der Waals surface area contributed by atoms with E-state index in [4.69, 9.17) is 4.74 Å². The average molecular weight is 515 g/mol. The molecule has 1 aromatic carbocycles. The maximum Gasteiger partial charge on any atom is 0.454 e. The molecule has 5 nitrogen and oxygen atoms in total. The van der Waals surface area contributed by atoms with E-state index in [0.29, 0.717) is 42.9 Å². The molecule has 1 amide bonds. The molecule has 2 saturated heterocycles. The van der Waals surface area contributed by atoms with Crippen molar-refractivity contribution < 1.29 is 35.9 Å². The molecule has 2 aromatic rings. The van der Waals surface area contributed by atoms with Crippen LogP contribution in [0.4, 0.5) is 26.3 Å². The summed E-state index contributed by atoms with van der Waals surface area (Å²) in [7, 11) is 0. The molecule has 0 saturated carbocycles. The summed E-state index contributed by atoms with van der Waals surface area (Å²) in [5.74, 6) is -5.02.